The van der Waals surface area contributed by atoms with Crippen molar-refractivity contribution < 1.29 is 37.1 Å². The summed E-state index contributed by atoms with van der Waals surface area (Å²) in [6.07, 6.45) is 2.90. The van der Waals surface area contributed by atoms with Gasteiger partial charge in [-0.1, -0.05) is 43.5 Å². The fourth-order valence-corrected chi connectivity index (χ4v) is 4.29. The van der Waals surface area contributed by atoms with E-state index in [1.807, 2.05) is 12.1 Å². The minimum absolute atomic E-state index is 0.0114. The first kappa shape index (κ1) is 27.2. The molecular formula is C26H28F4N2O4. The summed E-state index contributed by atoms with van der Waals surface area (Å²) in [5.41, 5.74) is 1.14. The highest BCUT2D eigenvalue weighted by atomic mass is 19.4. The lowest BCUT2D eigenvalue weighted by Crippen LogP contribution is -2.38. The molecule has 10 heteroatoms. The highest BCUT2D eigenvalue weighted by Gasteiger charge is 2.51. The molecule has 0 saturated heterocycles. The van der Waals surface area contributed by atoms with Crippen molar-refractivity contribution >= 4 is 23.5 Å². The second-order valence-electron chi connectivity index (χ2n) is 9.11. The van der Waals surface area contributed by atoms with Gasteiger partial charge in [-0.15, -0.1) is 0 Å². The number of hydrogen-bond donors (Lipinski definition) is 3. The molecule has 0 heterocycles. The molecule has 2 aliphatic rings. The van der Waals surface area contributed by atoms with Crippen molar-refractivity contribution in [2.24, 2.45) is 5.92 Å². The van der Waals surface area contributed by atoms with Crippen molar-refractivity contribution in [1.82, 2.24) is 5.32 Å². The van der Waals surface area contributed by atoms with Gasteiger partial charge in [0.15, 0.2) is 0 Å². The van der Waals surface area contributed by atoms with Gasteiger partial charge in [-0.25, -0.2) is 9.18 Å². The normalized spacial score (nSPS) is 16.8. The molecule has 0 aliphatic heterocycles. The highest BCUT2D eigenvalue weighted by Crippen LogP contribution is 2.48. The Balaban J connectivity index is 0.000000454. The van der Waals surface area contributed by atoms with E-state index in [1.54, 1.807) is 24.3 Å². The SMILES string of the molecule is O=C(Nc1ccc(C2(C(=O)NCC3CCCCC3)CC2)cc1)c1ccccc1F.O=C(O)C(F)(F)F. The molecule has 2 fully saturated rings. The first-order chi connectivity index (χ1) is 17.0. The van der Waals surface area contributed by atoms with Crippen LogP contribution in [0.25, 0.3) is 0 Å². The van der Waals surface area contributed by atoms with Gasteiger partial charge < -0.3 is 15.7 Å². The number of nitrogens with one attached hydrogen (secondary N) is 2. The largest absolute Gasteiger partial charge is 0.490 e. The molecule has 194 valence electrons. The van der Waals surface area contributed by atoms with Crippen molar-refractivity contribution in [2.45, 2.75) is 56.5 Å². The molecule has 2 aromatic carbocycles. The van der Waals surface area contributed by atoms with Crippen molar-refractivity contribution in [3.8, 4) is 0 Å². The van der Waals surface area contributed by atoms with Crippen LogP contribution in [-0.4, -0.2) is 35.6 Å². The Morgan fingerprint density at radius 3 is 2.06 bits per heavy atom. The zero-order valence-electron chi connectivity index (χ0n) is 19.5. The fourth-order valence-electron chi connectivity index (χ4n) is 4.29. The molecule has 2 aliphatic carbocycles. The van der Waals surface area contributed by atoms with Crippen molar-refractivity contribution in [3.05, 3.63) is 65.5 Å². The van der Waals surface area contributed by atoms with E-state index in [-0.39, 0.29) is 11.5 Å². The summed E-state index contributed by atoms with van der Waals surface area (Å²) in [4.78, 5) is 34.0. The average Bonchev–Trinajstić information content (AvgIpc) is 3.66. The number of benzene rings is 2. The topological polar surface area (TPSA) is 95.5 Å². The number of hydrogen-bond acceptors (Lipinski definition) is 3. The summed E-state index contributed by atoms with van der Waals surface area (Å²) in [7, 11) is 0. The lowest BCUT2D eigenvalue weighted by atomic mass is 9.88. The first-order valence-electron chi connectivity index (χ1n) is 11.8. The van der Waals surface area contributed by atoms with Gasteiger partial charge in [-0.05, 0) is 61.4 Å². The standard InChI is InChI=1S/C24H27FN2O2.C2HF3O2/c25-21-9-5-4-8-20(21)22(28)27-19-12-10-18(11-13-19)24(14-15-24)23(29)26-16-17-6-2-1-3-7-17;3-2(4,5)1(6)7/h4-5,8-13,17H,1-3,6-7,14-16H2,(H,26,29)(H,27,28);(H,6,7). The second kappa shape index (κ2) is 11.5. The third kappa shape index (κ3) is 7.05. The smallest absolute Gasteiger partial charge is 0.475 e. The number of halogens is 4. The quantitative estimate of drug-likeness (QED) is 0.453. The Labute approximate surface area is 206 Å². The van der Waals surface area contributed by atoms with Crippen molar-refractivity contribution in [1.29, 1.82) is 0 Å². The van der Waals surface area contributed by atoms with Crippen LogP contribution in [-0.2, 0) is 15.0 Å². The van der Waals surface area contributed by atoms with Gasteiger partial charge in [0.1, 0.15) is 5.82 Å². The minimum atomic E-state index is -5.08. The first-order valence-corrected chi connectivity index (χ1v) is 11.8. The predicted octanol–water partition coefficient (Wildman–Crippen LogP) is 5.44. The number of carboxylic acids is 1. The van der Waals surface area contributed by atoms with Crippen LogP contribution in [0.15, 0.2) is 48.5 Å². The number of carboxylic acid groups (broad SMARTS) is 1. The van der Waals surface area contributed by atoms with Gasteiger partial charge in [0, 0.05) is 12.2 Å². The van der Waals surface area contributed by atoms with Crippen LogP contribution in [0.5, 0.6) is 0 Å². The summed E-state index contributed by atoms with van der Waals surface area (Å²) < 4.78 is 45.5. The average molecular weight is 509 g/mol. The minimum Gasteiger partial charge on any atom is -0.475 e. The van der Waals surface area contributed by atoms with E-state index in [9.17, 15) is 27.2 Å². The van der Waals surface area contributed by atoms with E-state index in [0.29, 0.717) is 11.6 Å². The van der Waals surface area contributed by atoms with E-state index in [0.717, 1.165) is 24.9 Å². The molecule has 2 aromatic rings. The van der Waals surface area contributed by atoms with E-state index < -0.39 is 29.3 Å². The van der Waals surface area contributed by atoms with Crippen LogP contribution >= 0.6 is 0 Å². The Hall–Kier alpha value is -3.43. The number of carbonyl (C=O) groups excluding carboxylic acids is 2. The second-order valence-corrected chi connectivity index (χ2v) is 9.11. The molecule has 6 nitrogen and oxygen atoms in total. The van der Waals surface area contributed by atoms with E-state index in [2.05, 4.69) is 10.6 Å². The maximum absolute atomic E-state index is 13.8. The molecule has 0 unspecified atom stereocenters. The third-order valence-corrected chi connectivity index (χ3v) is 6.52. The number of amides is 2. The Kier molecular flexibility index (Phi) is 8.70. The number of aliphatic carboxylic acids is 1. The van der Waals surface area contributed by atoms with Crippen LogP contribution in [0.3, 0.4) is 0 Å². The maximum atomic E-state index is 13.8. The molecule has 36 heavy (non-hydrogen) atoms. The summed E-state index contributed by atoms with van der Waals surface area (Å²) in [6.45, 7) is 0.775. The molecule has 0 aromatic heterocycles. The summed E-state index contributed by atoms with van der Waals surface area (Å²) in [5.74, 6) is -3.06. The van der Waals surface area contributed by atoms with Gasteiger partial charge in [0.2, 0.25) is 5.91 Å². The van der Waals surface area contributed by atoms with Gasteiger partial charge in [-0.3, -0.25) is 9.59 Å². The van der Waals surface area contributed by atoms with Crippen LogP contribution < -0.4 is 10.6 Å². The number of anilines is 1. The molecule has 0 bridgehead atoms. The zero-order chi connectivity index (χ0) is 26.3. The molecule has 3 N–H and O–H groups in total. The molecule has 0 atom stereocenters. The fraction of sp³-hybridized carbons (Fsp3) is 0.423. The molecule has 4 rings (SSSR count). The Morgan fingerprint density at radius 1 is 0.944 bits per heavy atom. The highest BCUT2D eigenvalue weighted by molar-refractivity contribution is 6.04. The van der Waals surface area contributed by atoms with E-state index in [4.69, 9.17) is 9.90 Å². The molecule has 2 saturated carbocycles. The Morgan fingerprint density at radius 2 is 1.53 bits per heavy atom. The van der Waals surface area contributed by atoms with Gasteiger partial charge >= 0.3 is 12.1 Å². The van der Waals surface area contributed by atoms with Crippen LogP contribution in [0.2, 0.25) is 0 Å². The van der Waals surface area contributed by atoms with Crippen LogP contribution in [0, 0.1) is 11.7 Å². The Bertz CT molecular complexity index is 1080. The van der Waals surface area contributed by atoms with Gasteiger partial charge in [0.25, 0.3) is 5.91 Å². The molecule has 2 amide bonds. The number of rotatable bonds is 6. The zero-order valence-corrected chi connectivity index (χ0v) is 19.5. The molecule has 0 radical (unpaired) electrons. The third-order valence-electron chi connectivity index (χ3n) is 6.52. The van der Waals surface area contributed by atoms with Crippen LogP contribution in [0.1, 0.15) is 60.9 Å². The van der Waals surface area contributed by atoms with E-state index in [1.165, 1.54) is 44.2 Å². The van der Waals surface area contributed by atoms with Gasteiger partial charge in [0.05, 0.1) is 11.0 Å². The molecular weight excluding hydrogens is 480 g/mol. The summed E-state index contributed by atoms with van der Waals surface area (Å²) >= 11 is 0. The predicted molar refractivity (Wildman–Crippen MR) is 125 cm³/mol. The van der Waals surface area contributed by atoms with Crippen molar-refractivity contribution in [2.75, 3.05) is 11.9 Å². The van der Waals surface area contributed by atoms with Gasteiger partial charge in [-0.2, -0.15) is 13.2 Å². The summed E-state index contributed by atoms with van der Waals surface area (Å²) in [5, 5.41) is 13.0. The lowest BCUT2D eigenvalue weighted by molar-refractivity contribution is -0.192. The maximum Gasteiger partial charge on any atom is 0.490 e. The van der Waals surface area contributed by atoms with Crippen molar-refractivity contribution in [3.63, 3.8) is 0 Å². The van der Waals surface area contributed by atoms with Crippen LogP contribution in [0.4, 0.5) is 23.2 Å². The van der Waals surface area contributed by atoms with E-state index >= 15 is 0 Å². The lowest BCUT2D eigenvalue weighted by Gasteiger charge is -2.23. The molecule has 0 spiro atoms. The number of alkyl halides is 3. The summed E-state index contributed by atoms with van der Waals surface area (Å²) in [6, 6.07) is 13.2. The number of carbonyl (C=O) groups is 3. The monoisotopic (exact) mass is 508 g/mol.